The second-order valence-electron chi connectivity index (χ2n) is 5.76. The molecule has 1 atom stereocenters. The van der Waals surface area contributed by atoms with Crippen LogP contribution in [0.4, 0.5) is 4.79 Å². The number of rotatable bonds is 5. The van der Waals surface area contributed by atoms with E-state index in [1.807, 2.05) is 30.3 Å². The second-order valence-corrected chi connectivity index (χ2v) is 5.76. The smallest absolute Gasteiger partial charge is 0.404 e. The number of pyridine rings is 1. The molecule has 23 heavy (non-hydrogen) atoms. The molecule has 0 saturated carbocycles. The predicted molar refractivity (Wildman–Crippen MR) is 92.8 cm³/mol. The van der Waals surface area contributed by atoms with Gasteiger partial charge in [-0.1, -0.05) is 55.8 Å². The van der Waals surface area contributed by atoms with Crippen molar-refractivity contribution in [3.63, 3.8) is 0 Å². The van der Waals surface area contributed by atoms with Crippen LogP contribution in [0, 0.1) is 0 Å². The van der Waals surface area contributed by atoms with E-state index in [0.717, 1.165) is 34.8 Å². The average molecular weight is 308 g/mol. The first-order chi connectivity index (χ1) is 11.2. The normalized spacial score (nSPS) is 12.4. The van der Waals surface area contributed by atoms with Crippen LogP contribution < -0.4 is 5.32 Å². The monoisotopic (exact) mass is 308 g/mol. The first-order valence-electron chi connectivity index (χ1n) is 7.95. The molecule has 0 aliphatic rings. The van der Waals surface area contributed by atoms with Gasteiger partial charge in [-0.15, -0.1) is 0 Å². The summed E-state index contributed by atoms with van der Waals surface area (Å²) in [6, 6.07) is 16.2. The van der Waals surface area contributed by atoms with Gasteiger partial charge in [0.2, 0.25) is 0 Å². The molecular weight excluding hydrogens is 288 g/mol. The zero-order valence-corrected chi connectivity index (χ0v) is 13.1. The number of hydrogen-bond acceptors (Lipinski definition) is 2. The summed E-state index contributed by atoms with van der Waals surface area (Å²) >= 11 is 0. The highest BCUT2D eigenvalue weighted by molar-refractivity contribution is 6.06. The molecular formula is C19H20N2O2. The summed E-state index contributed by atoms with van der Waals surface area (Å²) in [5, 5.41) is 15.1. The standard InChI is InChI=1S/C19H20N2O2/c1-2-7-13(20-19(22)23)12-18-16-10-4-3-8-14(16)15-9-5-6-11-17(15)21-18/h3-6,8-11,13,20H,2,7,12H2,1H3,(H,22,23). The Hall–Kier alpha value is -2.62. The summed E-state index contributed by atoms with van der Waals surface area (Å²) < 4.78 is 0. The minimum absolute atomic E-state index is 0.116. The highest BCUT2D eigenvalue weighted by atomic mass is 16.4. The van der Waals surface area contributed by atoms with Crippen molar-refractivity contribution in [2.45, 2.75) is 32.2 Å². The molecule has 1 unspecified atom stereocenters. The highest BCUT2D eigenvalue weighted by Crippen LogP contribution is 2.27. The number of nitrogens with one attached hydrogen (secondary N) is 1. The minimum atomic E-state index is -0.978. The van der Waals surface area contributed by atoms with Crippen molar-refractivity contribution in [1.29, 1.82) is 0 Å². The third-order valence-electron chi connectivity index (χ3n) is 4.09. The lowest BCUT2D eigenvalue weighted by atomic mass is 9.99. The molecule has 0 bridgehead atoms. The van der Waals surface area contributed by atoms with Gasteiger partial charge in [-0.3, -0.25) is 4.98 Å². The number of para-hydroxylation sites is 1. The second kappa shape index (κ2) is 6.65. The largest absolute Gasteiger partial charge is 0.465 e. The molecule has 0 radical (unpaired) electrons. The fraction of sp³-hybridized carbons (Fsp3) is 0.263. The van der Waals surface area contributed by atoms with Crippen molar-refractivity contribution in [2.24, 2.45) is 0 Å². The van der Waals surface area contributed by atoms with E-state index in [1.54, 1.807) is 0 Å². The molecule has 2 N–H and O–H groups in total. The number of aromatic nitrogens is 1. The van der Waals surface area contributed by atoms with Gasteiger partial charge < -0.3 is 10.4 Å². The Kier molecular flexibility index (Phi) is 4.42. The maximum absolute atomic E-state index is 11.0. The van der Waals surface area contributed by atoms with Gasteiger partial charge in [0.1, 0.15) is 0 Å². The molecule has 1 amide bonds. The number of amides is 1. The van der Waals surface area contributed by atoms with Gasteiger partial charge in [0.15, 0.2) is 0 Å². The van der Waals surface area contributed by atoms with Crippen molar-refractivity contribution in [3.05, 3.63) is 54.2 Å². The molecule has 1 heterocycles. The highest BCUT2D eigenvalue weighted by Gasteiger charge is 2.15. The molecule has 0 saturated heterocycles. The van der Waals surface area contributed by atoms with Crippen molar-refractivity contribution in [2.75, 3.05) is 0 Å². The van der Waals surface area contributed by atoms with Gasteiger partial charge in [0.25, 0.3) is 0 Å². The quantitative estimate of drug-likeness (QED) is 0.688. The van der Waals surface area contributed by atoms with E-state index < -0.39 is 6.09 Å². The van der Waals surface area contributed by atoms with E-state index in [0.29, 0.717) is 6.42 Å². The summed E-state index contributed by atoms with van der Waals surface area (Å²) in [7, 11) is 0. The lowest BCUT2D eigenvalue weighted by Crippen LogP contribution is -2.35. The molecule has 3 rings (SSSR count). The lowest BCUT2D eigenvalue weighted by Gasteiger charge is -2.17. The van der Waals surface area contributed by atoms with Gasteiger partial charge >= 0.3 is 6.09 Å². The van der Waals surface area contributed by atoms with Gasteiger partial charge in [0, 0.05) is 23.2 Å². The minimum Gasteiger partial charge on any atom is -0.465 e. The molecule has 0 aliphatic carbocycles. The van der Waals surface area contributed by atoms with E-state index in [2.05, 4.69) is 30.4 Å². The first kappa shape index (κ1) is 15.3. The Morgan fingerprint density at radius 2 is 1.74 bits per heavy atom. The van der Waals surface area contributed by atoms with Crippen LogP contribution in [0.2, 0.25) is 0 Å². The third-order valence-corrected chi connectivity index (χ3v) is 4.09. The summed E-state index contributed by atoms with van der Waals surface area (Å²) in [4.78, 5) is 15.8. The Balaban J connectivity index is 2.09. The maximum Gasteiger partial charge on any atom is 0.404 e. The van der Waals surface area contributed by atoms with E-state index >= 15 is 0 Å². The Bertz CT molecular complexity index is 845. The molecule has 3 aromatic rings. The van der Waals surface area contributed by atoms with Crippen LogP contribution in [-0.4, -0.2) is 22.2 Å². The number of carboxylic acid groups (broad SMARTS) is 1. The summed E-state index contributed by atoms with van der Waals surface area (Å²) in [5.74, 6) is 0. The average Bonchev–Trinajstić information content (AvgIpc) is 2.55. The van der Waals surface area contributed by atoms with Crippen LogP contribution in [0.25, 0.3) is 21.7 Å². The summed E-state index contributed by atoms with van der Waals surface area (Å²) in [6.07, 6.45) is 1.35. The van der Waals surface area contributed by atoms with Gasteiger partial charge in [-0.2, -0.15) is 0 Å². The summed E-state index contributed by atoms with van der Waals surface area (Å²) in [6.45, 7) is 2.06. The lowest BCUT2D eigenvalue weighted by molar-refractivity contribution is 0.189. The zero-order chi connectivity index (χ0) is 16.2. The predicted octanol–water partition coefficient (Wildman–Crippen LogP) is 4.37. The molecule has 0 aliphatic heterocycles. The van der Waals surface area contributed by atoms with Crippen LogP contribution in [0.5, 0.6) is 0 Å². The number of hydrogen-bond donors (Lipinski definition) is 2. The van der Waals surface area contributed by atoms with E-state index in [-0.39, 0.29) is 6.04 Å². The van der Waals surface area contributed by atoms with Crippen LogP contribution >= 0.6 is 0 Å². The van der Waals surface area contributed by atoms with Crippen molar-refractivity contribution < 1.29 is 9.90 Å². The van der Waals surface area contributed by atoms with Crippen molar-refractivity contribution >= 4 is 27.8 Å². The fourth-order valence-corrected chi connectivity index (χ4v) is 3.11. The van der Waals surface area contributed by atoms with E-state index in [9.17, 15) is 4.79 Å². The third kappa shape index (κ3) is 3.26. The van der Waals surface area contributed by atoms with Gasteiger partial charge in [0.05, 0.1) is 11.2 Å². The molecule has 2 aromatic carbocycles. The van der Waals surface area contributed by atoms with Crippen molar-refractivity contribution in [1.82, 2.24) is 10.3 Å². The molecule has 1 aromatic heterocycles. The molecule has 0 spiro atoms. The number of nitrogens with zero attached hydrogens (tertiary/aromatic N) is 1. The Morgan fingerprint density at radius 1 is 1.09 bits per heavy atom. The molecule has 4 heteroatoms. The Morgan fingerprint density at radius 3 is 2.43 bits per heavy atom. The molecule has 118 valence electrons. The SMILES string of the molecule is CCCC(Cc1nc2ccccc2c2ccccc12)NC(=O)O. The van der Waals surface area contributed by atoms with E-state index in [4.69, 9.17) is 10.1 Å². The van der Waals surface area contributed by atoms with E-state index in [1.165, 1.54) is 5.39 Å². The zero-order valence-electron chi connectivity index (χ0n) is 13.1. The van der Waals surface area contributed by atoms with Crippen molar-refractivity contribution in [3.8, 4) is 0 Å². The van der Waals surface area contributed by atoms with Gasteiger partial charge in [-0.05, 0) is 17.9 Å². The first-order valence-corrected chi connectivity index (χ1v) is 7.95. The number of fused-ring (bicyclic) bond motifs is 3. The number of carbonyl (C=O) groups is 1. The summed E-state index contributed by atoms with van der Waals surface area (Å²) in [5.41, 5.74) is 1.90. The van der Waals surface area contributed by atoms with Crippen LogP contribution in [0.3, 0.4) is 0 Å². The number of benzene rings is 2. The van der Waals surface area contributed by atoms with Crippen LogP contribution in [-0.2, 0) is 6.42 Å². The van der Waals surface area contributed by atoms with Crippen LogP contribution in [0.15, 0.2) is 48.5 Å². The van der Waals surface area contributed by atoms with Gasteiger partial charge in [-0.25, -0.2) is 4.79 Å². The van der Waals surface area contributed by atoms with Crippen LogP contribution in [0.1, 0.15) is 25.5 Å². The Labute approximate surface area is 135 Å². The maximum atomic E-state index is 11.0. The molecule has 4 nitrogen and oxygen atoms in total. The topological polar surface area (TPSA) is 62.2 Å². The fourth-order valence-electron chi connectivity index (χ4n) is 3.11. The molecule has 0 fully saturated rings.